The van der Waals surface area contributed by atoms with Crippen LogP contribution in [0.2, 0.25) is 0 Å². The number of hydrogen-bond acceptors (Lipinski definition) is 6. The molecule has 4 aromatic rings. The predicted molar refractivity (Wildman–Crippen MR) is 137 cm³/mol. The highest BCUT2D eigenvalue weighted by Gasteiger charge is 2.34. The lowest BCUT2D eigenvalue weighted by molar-refractivity contribution is -0.128. The molecule has 1 N–H and O–H groups in total. The van der Waals surface area contributed by atoms with Crippen LogP contribution in [0, 0.1) is 12.7 Å². The second-order valence-electron chi connectivity index (χ2n) is 9.67. The van der Waals surface area contributed by atoms with Crippen molar-refractivity contribution in [2.45, 2.75) is 45.8 Å². The van der Waals surface area contributed by atoms with Crippen molar-refractivity contribution >= 4 is 17.5 Å². The Balaban J connectivity index is 1.72. The maximum absolute atomic E-state index is 13.8. The highest BCUT2D eigenvalue weighted by atomic mass is 19.1. The van der Waals surface area contributed by atoms with E-state index in [0.29, 0.717) is 17.1 Å². The highest BCUT2D eigenvalue weighted by Crippen LogP contribution is 2.29. The van der Waals surface area contributed by atoms with Crippen LogP contribution in [0.3, 0.4) is 0 Å². The molecular formula is C27H28FN7O2. The standard InChI is InChI=1S/C27H28FN7O2/c1-18-5-7-20(8-6-18)25-31-33-34(32-25)17-23(36)35(22-11-9-21(28)10-12-22)24(19-13-15-29-16-14-19)26(37)30-27(2,3)4/h5-16,24H,17H2,1-4H3,(H,30,37). The van der Waals surface area contributed by atoms with Crippen molar-refractivity contribution in [3.8, 4) is 11.4 Å². The van der Waals surface area contributed by atoms with Gasteiger partial charge in [-0.25, -0.2) is 4.39 Å². The third-order valence-corrected chi connectivity index (χ3v) is 5.44. The Hall–Kier alpha value is -4.47. The van der Waals surface area contributed by atoms with E-state index in [2.05, 4.69) is 25.7 Å². The molecule has 2 amide bonds. The summed E-state index contributed by atoms with van der Waals surface area (Å²) in [4.78, 5) is 33.9. The number of carbonyl (C=O) groups is 2. The number of halogens is 1. The number of anilines is 1. The first kappa shape index (κ1) is 25.6. The van der Waals surface area contributed by atoms with E-state index in [0.717, 1.165) is 11.1 Å². The van der Waals surface area contributed by atoms with Crippen molar-refractivity contribution in [2.75, 3.05) is 4.90 Å². The summed E-state index contributed by atoms with van der Waals surface area (Å²) >= 11 is 0. The number of nitrogens with zero attached hydrogens (tertiary/aromatic N) is 6. The van der Waals surface area contributed by atoms with Crippen LogP contribution in [0.5, 0.6) is 0 Å². The van der Waals surface area contributed by atoms with E-state index in [1.165, 1.54) is 34.0 Å². The molecule has 0 fully saturated rings. The van der Waals surface area contributed by atoms with Gasteiger partial charge in [-0.2, -0.15) is 4.80 Å². The molecule has 0 saturated carbocycles. The molecule has 1 atom stereocenters. The second-order valence-corrected chi connectivity index (χ2v) is 9.67. The number of hydrogen-bond donors (Lipinski definition) is 1. The number of aromatic nitrogens is 5. The van der Waals surface area contributed by atoms with Crippen molar-refractivity contribution < 1.29 is 14.0 Å². The van der Waals surface area contributed by atoms with E-state index in [-0.39, 0.29) is 6.54 Å². The van der Waals surface area contributed by atoms with Gasteiger partial charge in [0.2, 0.25) is 11.7 Å². The molecule has 0 aliphatic carbocycles. The van der Waals surface area contributed by atoms with E-state index in [1.54, 1.807) is 24.5 Å². The Labute approximate surface area is 214 Å². The average Bonchev–Trinajstić information content (AvgIpc) is 3.31. The van der Waals surface area contributed by atoms with Crippen molar-refractivity contribution in [2.24, 2.45) is 0 Å². The number of amides is 2. The van der Waals surface area contributed by atoms with Crippen LogP contribution in [0.4, 0.5) is 10.1 Å². The van der Waals surface area contributed by atoms with Gasteiger partial charge in [0.25, 0.3) is 5.91 Å². The molecule has 0 saturated heterocycles. The van der Waals surface area contributed by atoms with Gasteiger partial charge in [0.1, 0.15) is 18.4 Å². The molecule has 0 aliphatic rings. The molecule has 0 aliphatic heterocycles. The Bertz CT molecular complexity index is 1360. The lowest BCUT2D eigenvalue weighted by Gasteiger charge is -2.33. The molecule has 4 rings (SSSR count). The summed E-state index contributed by atoms with van der Waals surface area (Å²) in [5.74, 6) is -0.970. The number of nitrogens with one attached hydrogen (secondary N) is 1. The SMILES string of the molecule is Cc1ccc(-c2nnn(CC(=O)N(c3ccc(F)cc3)C(C(=O)NC(C)(C)C)c3ccncc3)n2)cc1. The molecular weight excluding hydrogens is 473 g/mol. The average molecular weight is 502 g/mol. The van der Waals surface area contributed by atoms with Gasteiger partial charge in [-0.3, -0.25) is 19.5 Å². The second kappa shape index (κ2) is 10.7. The topological polar surface area (TPSA) is 106 Å². The molecule has 37 heavy (non-hydrogen) atoms. The first-order valence-corrected chi connectivity index (χ1v) is 11.8. The maximum atomic E-state index is 13.8. The summed E-state index contributed by atoms with van der Waals surface area (Å²) in [6.07, 6.45) is 3.10. The zero-order valence-electron chi connectivity index (χ0n) is 21.1. The molecule has 2 aromatic carbocycles. The van der Waals surface area contributed by atoms with Crippen LogP contribution in [0.25, 0.3) is 11.4 Å². The number of pyridine rings is 1. The number of benzene rings is 2. The normalized spacial score (nSPS) is 12.1. The summed E-state index contributed by atoms with van der Waals surface area (Å²) in [5.41, 5.74) is 2.18. The number of rotatable bonds is 7. The van der Waals surface area contributed by atoms with E-state index >= 15 is 0 Å². The summed E-state index contributed by atoms with van der Waals surface area (Å²) in [5, 5.41) is 15.4. The highest BCUT2D eigenvalue weighted by molar-refractivity contribution is 6.01. The number of tetrazole rings is 1. The summed E-state index contributed by atoms with van der Waals surface area (Å²) in [6, 6.07) is 15.3. The van der Waals surface area contributed by atoms with Gasteiger partial charge in [-0.15, -0.1) is 10.2 Å². The monoisotopic (exact) mass is 501 g/mol. The first-order chi connectivity index (χ1) is 17.6. The van der Waals surface area contributed by atoms with Crippen LogP contribution in [0.15, 0.2) is 73.1 Å². The molecule has 190 valence electrons. The van der Waals surface area contributed by atoms with E-state index < -0.39 is 29.2 Å². The molecule has 0 bridgehead atoms. The molecule has 0 spiro atoms. The Morgan fingerprint density at radius 3 is 2.27 bits per heavy atom. The maximum Gasteiger partial charge on any atom is 0.251 e. The molecule has 10 heteroatoms. The van der Waals surface area contributed by atoms with Crippen LogP contribution >= 0.6 is 0 Å². The summed E-state index contributed by atoms with van der Waals surface area (Å²) < 4.78 is 13.8. The molecule has 2 heterocycles. The van der Waals surface area contributed by atoms with Crippen LogP contribution in [-0.4, -0.2) is 42.5 Å². The Morgan fingerprint density at radius 2 is 1.65 bits per heavy atom. The Kier molecular flexibility index (Phi) is 7.37. The third-order valence-electron chi connectivity index (χ3n) is 5.44. The smallest absolute Gasteiger partial charge is 0.251 e. The van der Waals surface area contributed by atoms with Crippen molar-refractivity contribution in [1.82, 2.24) is 30.5 Å². The molecule has 0 radical (unpaired) electrons. The largest absolute Gasteiger partial charge is 0.349 e. The first-order valence-electron chi connectivity index (χ1n) is 11.8. The van der Waals surface area contributed by atoms with Crippen molar-refractivity contribution in [1.29, 1.82) is 0 Å². The molecule has 9 nitrogen and oxygen atoms in total. The fourth-order valence-corrected chi connectivity index (χ4v) is 3.77. The molecule has 2 aromatic heterocycles. The fraction of sp³-hybridized carbons (Fsp3) is 0.259. The van der Waals surface area contributed by atoms with Crippen molar-refractivity contribution in [3.05, 3.63) is 90.0 Å². The Morgan fingerprint density at radius 1 is 1.00 bits per heavy atom. The van der Waals surface area contributed by atoms with Crippen LogP contribution < -0.4 is 10.2 Å². The predicted octanol–water partition coefficient (Wildman–Crippen LogP) is 3.87. The van der Waals surface area contributed by atoms with Gasteiger partial charge in [0.15, 0.2) is 0 Å². The zero-order valence-corrected chi connectivity index (χ0v) is 21.1. The third kappa shape index (κ3) is 6.40. The van der Waals surface area contributed by atoms with Gasteiger partial charge >= 0.3 is 0 Å². The molecule has 1 unspecified atom stereocenters. The summed E-state index contributed by atoms with van der Waals surface area (Å²) in [7, 11) is 0. The van der Waals surface area contributed by atoms with Crippen LogP contribution in [-0.2, 0) is 16.1 Å². The number of carbonyl (C=O) groups excluding carboxylic acids is 2. The summed E-state index contributed by atoms with van der Waals surface area (Å²) in [6.45, 7) is 7.24. The van der Waals surface area contributed by atoms with Gasteiger partial charge in [-0.1, -0.05) is 29.8 Å². The van der Waals surface area contributed by atoms with E-state index in [1.807, 2.05) is 52.0 Å². The quantitative estimate of drug-likeness (QED) is 0.412. The lowest BCUT2D eigenvalue weighted by Crippen LogP contribution is -2.50. The zero-order chi connectivity index (χ0) is 26.6. The van der Waals surface area contributed by atoms with Crippen molar-refractivity contribution in [3.63, 3.8) is 0 Å². The van der Waals surface area contributed by atoms with Gasteiger partial charge in [0.05, 0.1) is 0 Å². The van der Waals surface area contributed by atoms with E-state index in [4.69, 9.17) is 0 Å². The minimum atomic E-state index is -1.06. The fourth-order valence-electron chi connectivity index (χ4n) is 3.77. The minimum absolute atomic E-state index is 0.291. The van der Waals surface area contributed by atoms with Gasteiger partial charge in [-0.05, 0) is 74.9 Å². The lowest BCUT2D eigenvalue weighted by atomic mass is 10.0. The van der Waals surface area contributed by atoms with Gasteiger partial charge in [0, 0.05) is 29.2 Å². The van der Waals surface area contributed by atoms with Crippen LogP contribution in [0.1, 0.15) is 37.9 Å². The minimum Gasteiger partial charge on any atom is -0.349 e. The van der Waals surface area contributed by atoms with E-state index in [9.17, 15) is 14.0 Å². The van der Waals surface area contributed by atoms with Gasteiger partial charge < -0.3 is 5.32 Å². The number of aryl methyl sites for hydroxylation is 1.